The summed E-state index contributed by atoms with van der Waals surface area (Å²) in [5.74, 6) is 1.96. The van der Waals surface area contributed by atoms with E-state index in [1.54, 1.807) is 7.11 Å². The molecule has 1 unspecified atom stereocenters. The second-order valence-electron chi connectivity index (χ2n) is 5.16. The van der Waals surface area contributed by atoms with Gasteiger partial charge in [0, 0.05) is 6.07 Å². The van der Waals surface area contributed by atoms with E-state index in [1.165, 1.54) is 11.1 Å². The van der Waals surface area contributed by atoms with Crippen LogP contribution in [-0.4, -0.2) is 20.3 Å². The number of hydrogen-bond donors (Lipinski definition) is 1. The van der Waals surface area contributed by atoms with Gasteiger partial charge in [-0.15, -0.1) is 0 Å². The minimum atomic E-state index is 0.330. The molecule has 3 nitrogen and oxygen atoms in total. The third-order valence-electron chi connectivity index (χ3n) is 3.61. The summed E-state index contributed by atoms with van der Waals surface area (Å²) < 4.78 is 11.0. The van der Waals surface area contributed by atoms with Crippen molar-refractivity contribution in [2.24, 2.45) is 5.73 Å². The fraction of sp³-hybridized carbons (Fsp3) is 0.333. The van der Waals surface area contributed by atoms with Crippen molar-refractivity contribution in [1.29, 1.82) is 0 Å². The summed E-state index contributed by atoms with van der Waals surface area (Å²) in [4.78, 5) is 0. The Morgan fingerprint density at radius 2 is 1.76 bits per heavy atom. The number of methoxy groups -OCH3 is 1. The van der Waals surface area contributed by atoms with Gasteiger partial charge in [-0.25, -0.2) is 0 Å². The molecular formula is C18H23NO2. The first kappa shape index (κ1) is 15.4. The van der Waals surface area contributed by atoms with E-state index in [-0.39, 0.29) is 0 Å². The average molecular weight is 285 g/mol. The highest BCUT2D eigenvalue weighted by atomic mass is 16.5. The summed E-state index contributed by atoms with van der Waals surface area (Å²) in [5.41, 5.74) is 8.43. The molecule has 1 atom stereocenters. The Hall–Kier alpha value is -2.00. The maximum atomic E-state index is 5.89. The molecule has 2 N–H and O–H groups in total. The fourth-order valence-corrected chi connectivity index (χ4v) is 2.27. The van der Waals surface area contributed by atoms with Gasteiger partial charge in [-0.2, -0.15) is 0 Å². The van der Waals surface area contributed by atoms with Crippen molar-refractivity contribution >= 4 is 0 Å². The number of rotatable bonds is 7. The Balaban J connectivity index is 1.89. The van der Waals surface area contributed by atoms with Crippen LogP contribution in [0.15, 0.2) is 48.5 Å². The van der Waals surface area contributed by atoms with Crippen LogP contribution in [0.4, 0.5) is 0 Å². The van der Waals surface area contributed by atoms with Crippen molar-refractivity contribution in [3.63, 3.8) is 0 Å². The van der Waals surface area contributed by atoms with Gasteiger partial charge in [-0.1, -0.05) is 35.9 Å². The van der Waals surface area contributed by atoms with Gasteiger partial charge in [0.1, 0.15) is 11.5 Å². The van der Waals surface area contributed by atoms with Gasteiger partial charge in [-0.05, 0) is 43.5 Å². The van der Waals surface area contributed by atoms with E-state index in [2.05, 4.69) is 31.2 Å². The summed E-state index contributed by atoms with van der Waals surface area (Å²) in [6.45, 7) is 3.36. The third kappa shape index (κ3) is 4.50. The smallest absolute Gasteiger partial charge is 0.122 e. The van der Waals surface area contributed by atoms with Gasteiger partial charge in [0.15, 0.2) is 0 Å². The normalized spacial score (nSPS) is 12.0. The van der Waals surface area contributed by atoms with E-state index in [4.69, 9.17) is 15.2 Å². The maximum absolute atomic E-state index is 5.89. The number of aryl methyl sites for hydroxylation is 1. The first-order valence-electron chi connectivity index (χ1n) is 7.26. The third-order valence-corrected chi connectivity index (χ3v) is 3.61. The van der Waals surface area contributed by atoms with Crippen LogP contribution in [-0.2, 0) is 0 Å². The zero-order valence-electron chi connectivity index (χ0n) is 12.7. The second kappa shape index (κ2) is 7.70. The molecule has 0 aliphatic carbocycles. The largest absolute Gasteiger partial charge is 0.497 e. The minimum Gasteiger partial charge on any atom is -0.497 e. The van der Waals surface area contributed by atoms with Crippen LogP contribution in [0.25, 0.3) is 0 Å². The van der Waals surface area contributed by atoms with Gasteiger partial charge < -0.3 is 15.2 Å². The Morgan fingerprint density at radius 3 is 2.43 bits per heavy atom. The average Bonchev–Trinajstić information content (AvgIpc) is 2.53. The van der Waals surface area contributed by atoms with Crippen LogP contribution < -0.4 is 15.2 Å². The maximum Gasteiger partial charge on any atom is 0.122 e. The zero-order chi connectivity index (χ0) is 15.1. The summed E-state index contributed by atoms with van der Waals surface area (Å²) >= 11 is 0. The van der Waals surface area contributed by atoms with Crippen LogP contribution >= 0.6 is 0 Å². The molecule has 21 heavy (non-hydrogen) atoms. The van der Waals surface area contributed by atoms with Crippen LogP contribution in [0.5, 0.6) is 11.5 Å². The molecule has 2 aromatic rings. The van der Waals surface area contributed by atoms with E-state index in [1.807, 2.05) is 24.3 Å². The molecule has 0 fully saturated rings. The molecule has 0 aliphatic heterocycles. The predicted molar refractivity (Wildman–Crippen MR) is 86.1 cm³/mol. The standard InChI is InChI=1S/C18H23NO2/c1-14-6-8-15(9-7-14)16(13-19)10-11-21-18-5-3-4-17(12-18)20-2/h3-9,12,16H,10-11,13,19H2,1-2H3. The number of benzene rings is 2. The molecule has 0 aromatic heterocycles. The Morgan fingerprint density at radius 1 is 1.05 bits per heavy atom. The molecule has 0 heterocycles. The Bertz CT molecular complexity index is 551. The van der Waals surface area contributed by atoms with E-state index in [9.17, 15) is 0 Å². The van der Waals surface area contributed by atoms with Crippen LogP contribution in [0.2, 0.25) is 0 Å². The molecule has 0 saturated carbocycles. The fourth-order valence-electron chi connectivity index (χ4n) is 2.27. The minimum absolute atomic E-state index is 0.330. The van der Waals surface area contributed by atoms with Crippen molar-refractivity contribution in [3.05, 3.63) is 59.7 Å². The summed E-state index contributed by atoms with van der Waals surface area (Å²) in [5, 5.41) is 0. The Labute approximate surface area is 126 Å². The molecule has 0 saturated heterocycles. The van der Waals surface area contributed by atoms with Gasteiger partial charge >= 0.3 is 0 Å². The van der Waals surface area contributed by atoms with Crippen molar-refractivity contribution in [2.45, 2.75) is 19.3 Å². The SMILES string of the molecule is COc1cccc(OCCC(CN)c2ccc(C)cc2)c1. The van der Waals surface area contributed by atoms with Gasteiger partial charge in [-0.3, -0.25) is 0 Å². The zero-order valence-corrected chi connectivity index (χ0v) is 12.7. The quantitative estimate of drug-likeness (QED) is 0.846. The summed E-state index contributed by atoms with van der Waals surface area (Å²) in [6.07, 6.45) is 0.900. The van der Waals surface area contributed by atoms with Crippen LogP contribution in [0, 0.1) is 6.92 Å². The van der Waals surface area contributed by atoms with Crippen molar-refractivity contribution < 1.29 is 9.47 Å². The van der Waals surface area contributed by atoms with Crippen molar-refractivity contribution in [1.82, 2.24) is 0 Å². The van der Waals surface area contributed by atoms with E-state index >= 15 is 0 Å². The number of ether oxygens (including phenoxy) is 2. The molecule has 0 amide bonds. The highest BCUT2D eigenvalue weighted by molar-refractivity contribution is 5.32. The first-order chi connectivity index (χ1) is 10.2. The lowest BCUT2D eigenvalue weighted by Crippen LogP contribution is -2.15. The topological polar surface area (TPSA) is 44.5 Å². The number of hydrogen-bond acceptors (Lipinski definition) is 3. The first-order valence-corrected chi connectivity index (χ1v) is 7.26. The summed E-state index contributed by atoms with van der Waals surface area (Å²) in [6, 6.07) is 16.2. The van der Waals surface area contributed by atoms with Gasteiger partial charge in [0.25, 0.3) is 0 Å². The van der Waals surface area contributed by atoms with Gasteiger partial charge in [0.05, 0.1) is 13.7 Å². The van der Waals surface area contributed by atoms with E-state index in [0.29, 0.717) is 19.1 Å². The lowest BCUT2D eigenvalue weighted by atomic mass is 9.95. The van der Waals surface area contributed by atoms with E-state index in [0.717, 1.165) is 17.9 Å². The second-order valence-corrected chi connectivity index (χ2v) is 5.16. The molecule has 2 aromatic carbocycles. The van der Waals surface area contributed by atoms with Crippen molar-refractivity contribution in [3.8, 4) is 11.5 Å². The molecular weight excluding hydrogens is 262 g/mol. The molecule has 0 spiro atoms. The van der Waals surface area contributed by atoms with Crippen LogP contribution in [0.3, 0.4) is 0 Å². The lowest BCUT2D eigenvalue weighted by Gasteiger charge is -2.16. The molecule has 0 aliphatic rings. The highest BCUT2D eigenvalue weighted by Crippen LogP contribution is 2.22. The summed E-state index contributed by atoms with van der Waals surface area (Å²) in [7, 11) is 1.65. The molecule has 0 radical (unpaired) electrons. The Kier molecular flexibility index (Phi) is 5.64. The molecule has 112 valence electrons. The van der Waals surface area contributed by atoms with Crippen LogP contribution in [0.1, 0.15) is 23.5 Å². The predicted octanol–water partition coefficient (Wildman–Crippen LogP) is 3.52. The molecule has 2 rings (SSSR count). The van der Waals surface area contributed by atoms with Crippen molar-refractivity contribution in [2.75, 3.05) is 20.3 Å². The number of nitrogens with two attached hydrogens (primary N) is 1. The highest BCUT2D eigenvalue weighted by Gasteiger charge is 2.09. The lowest BCUT2D eigenvalue weighted by molar-refractivity contribution is 0.296. The van der Waals surface area contributed by atoms with E-state index < -0.39 is 0 Å². The molecule has 3 heteroatoms. The van der Waals surface area contributed by atoms with Gasteiger partial charge in [0.2, 0.25) is 0 Å². The molecule has 0 bridgehead atoms. The monoisotopic (exact) mass is 285 g/mol.